The second kappa shape index (κ2) is 11.0. The highest BCUT2D eigenvalue weighted by Gasteiger charge is 2.12. The van der Waals surface area contributed by atoms with Gasteiger partial charge in [0.05, 0.1) is 4.92 Å². The van der Waals surface area contributed by atoms with E-state index in [1.54, 1.807) is 12.3 Å². The average molecular weight is 307 g/mol. The van der Waals surface area contributed by atoms with Gasteiger partial charge in [0.1, 0.15) is 0 Å². The molecule has 1 heterocycles. The van der Waals surface area contributed by atoms with E-state index in [0.29, 0.717) is 0 Å². The lowest BCUT2D eigenvalue weighted by Gasteiger charge is -2.04. The number of unbranched alkanes of at least 4 members (excludes halogenated alkanes) is 9. The van der Waals surface area contributed by atoms with Crippen LogP contribution in [-0.4, -0.2) is 9.91 Å². The number of nitro groups is 1. The van der Waals surface area contributed by atoms with E-state index in [9.17, 15) is 10.1 Å². The number of nitrogens with two attached hydrogens (primary N) is 1. The van der Waals surface area contributed by atoms with Crippen molar-refractivity contribution in [3.8, 4) is 0 Å². The summed E-state index contributed by atoms with van der Waals surface area (Å²) in [6.07, 6.45) is 15.4. The first-order valence-corrected chi connectivity index (χ1v) is 8.54. The SMILES string of the molecule is CCCCCCCCCCCCc1cnc(N)c([N+](=O)[O-])c1. The monoisotopic (exact) mass is 307 g/mol. The number of aromatic nitrogens is 1. The molecular weight excluding hydrogens is 278 g/mol. The van der Waals surface area contributed by atoms with Crippen molar-refractivity contribution < 1.29 is 4.92 Å². The summed E-state index contributed by atoms with van der Waals surface area (Å²) in [5.41, 5.74) is 6.31. The Bertz CT molecular complexity index is 450. The minimum Gasteiger partial charge on any atom is -0.378 e. The van der Waals surface area contributed by atoms with Gasteiger partial charge in [0, 0.05) is 12.3 Å². The molecule has 5 heteroatoms. The van der Waals surface area contributed by atoms with E-state index in [1.165, 1.54) is 57.8 Å². The average Bonchev–Trinajstić information content (AvgIpc) is 2.50. The fourth-order valence-corrected chi connectivity index (χ4v) is 2.60. The van der Waals surface area contributed by atoms with Crippen LogP contribution in [-0.2, 0) is 6.42 Å². The van der Waals surface area contributed by atoms with Crippen molar-refractivity contribution in [2.45, 2.75) is 77.6 Å². The van der Waals surface area contributed by atoms with Gasteiger partial charge in [-0.25, -0.2) is 4.98 Å². The van der Waals surface area contributed by atoms with Gasteiger partial charge in [-0.3, -0.25) is 10.1 Å². The molecule has 5 nitrogen and oxygen atoms in total. The molecule has 0 saturated carbocycles. The highest BCUT2D eigenvalue weighted by atomic mass is 16.6. The molecule has 2 N–H and O–H groups in total. The molecule has 0 saturated heterocycles. The van der Waals surface area contributed by atoms with Crippen LogP contribution < -0.4 is 5.73 Å². The van der Waals surface area contributed by atoms with Gasteiger partial charge in [-0.1, -0.05) is 64.7 Å². The van der Waals surface area contributed by atoms with Crippen LogP contribution in [0.15, 0.2) is 12.3 Å². The highest BCUT2D eigenvalue weighted by Crippen LogP contribution is 2.21. The maximum Gasteiger partial charge on any atom is 0.311 e. The van der Waals surface area contributed by atoms with Crippen LogP contribution in [0.5, 0.6) is 0 Å². The lowest BCUT2D eigenvalue weighted by atomic mass is 10.0. The molecule has 0 aliphatic rings. The van der Waals surface area contributed by atoms with Crippen LogP contribution in [0.2, 0.25) is 0 Å². The van der Waals surface area contributed by atoms with Gasteiger partial charge < -0.3 is 5.73 Å². The van der Waals surface area contributed by atoms with Gasteiger partial charge in [-0.15, -0.1) is 0 Å². The second-order valence-electron chi connectivity index (χ2n) is 5.94. The summed E-state index contributed by atoms with van der Waals surface area (Å²) >= 11 is 0. The molecule has 0 aliphatic heterocycles. The van der Waals surface area contributed by atoms with Crippen molar-refractivity contribution in [3.05, 3.63) is 27.9 Å². The molecule has 1 aromatic rings. The number of pyridine rings is 1. The van der Waals surface area contributed by atoms with E-state index in [1.807, 2.05) is 0 Å². The summed E-state index contributed by atoms with van der Waals surface area (Å²) in [5.74, 6) is -0.00294. The van der Waals surface area contributed by atoms with Crippen LogP contribution in [0, 0.1) is 10.1 Å². The highest BCUT2D eigenvalue weighted by molar-refractivity contribution is 5.52. The van der Waals surface area contributed by atoms with Crippen LogP contribution >= 0.6 is 0 Å². The minimum absolute atomic E-state index is 0.00294. The Morgan fingerprint density at radius 3 is 2.14 bits per heavy atom. The van der Waals surface area contributed by atoms with Gasteiger partial charge in [0.25, 0.3) is 0 Å². The summed E-state index contributed by atoms with van der Waals surface area (Å²) in [6, 6.07) is 1.55. The van der Waals surface area contributed by atoms with E-state index in [4.69, 9.17) is 5.73 Å². The largest absolute Gasteiger partial charge is 0.378 e. The number of nitrogen functional groups attached to an aromatic ring is 1. The number of anilines is 1. The fraction of sp³-hybridized carbons (Fsp3) is 0.706. The zero-order valence-electron chi connectivity index (χ0n) is 13.7. The summed E-state index contributed by atoms with van der Waals surface area (Å²) in [4.78, 5) is 14.2. The molecule has 0 atom stereocenters. The lowest BCUT2D eigenvalue weighted by molar-refractivity contribution is -0.384. The Balaban J connectivity index is 2.10. The standard InChI is InChI=1S/C17H29N3O2/c1-2-3-4-5-6-7-8-9-10-11-12-15-13-16(20(21)22)17(18)19-14-15/h13-14H,2-12H2,1H3,(H2,18,19). The van der Waals surface area contributed by atoms with E-state index in [0.717, 1.165) is 18.4 Å². The first-order chi connectivity index (χ1) is 10.6. The van der Waals surface area contributed by atoms with Crippen molar-refractivity contribution in [3.63, 3.8) is 0 Å². The normalized spacial score (nSPS) is 10.8. The first-order valence-electron chi connectivity index (χ1n) is 8.54. The van der Waals surface area contributed by atoms with E-state index < -0.39 is 4.92 Å². The Morgan fingerprint density at radius 2 is 1.59 bits per heavy atom. The van der Waals surface area contributed by atoms with Crippen molar-refractivity contribution in [2.75, 3.05) is 5.73 Å². The minimum atomic E-state index is -0.468. The Labute approximate surface area is 133 Å². The predicted molar refractivity (Wildman–Crippen MR) is 90.9 cm³/mol. The van der Waals surface area contributed by atoms with Gasteiger partial charge in [0.2, 0.25) is 5.82 Å². The molecular formula is C17H29N3O2. The molecule has 0 aliphatic carbocycles. The molecule has 0 bridgehead atoms. The second-order valence-corrected chi connectivity index (χ2v) is 5.94. The molecule has 0 spiro atoms. The number of aryl methyl sites for hydroxylation is 1. The van der Waals surface area contributed by atoms with Crippen LogP contribution in [0.3, 0.4) is 0 Å². The number of rotatable bonds is 12. The Kier molecular flexibility index (Phi) is 9.19. The Hall–Kier alpha value is -1.65. The van der Waals surface area contributed by atoms with Crippen LogP contribution in [0.4, 0.5) is 11.5 Å². The molecule has 0 fully saturated rings. The molecule has 0 aromatic carbocycles. The fourth-order valence-electron chi connectivity index (χ4n) is 2.60. The van der Waals surface area contributed by atoms with Gasteiger partial charge in [0.15, 0.2) is 0 Å². The van der Waals surface area contributed by atoms with Crippen molar-refractivity contribution in [2.24, 2.45) is 0 Å². The van der Waals surface area contributed by atoms with Gasteiger partial charge in [-0.2, -0.15) is 0 Å². The molecule has 22 heavy (non-hydrogen) atoms. The zero-order valence-corrected chi connectivity index (χ0v) is 13.7. The smallest absolute Gasteiger partial charge is 0.311 e. The summed E-state index contributed by atoms with van der Waals surface area (Å²) in [6.45, 7) is 2.24. The summed E-state index contributed by atoms with van der Waals surface area (Å²) < 4.78 is 0. The van der Waals surface area contributed by atoms with E-state index >= 15 is 0 Å². The third kappa shape index (κ3) is 7.38. The van der Waals surface area contributed by atoms with E-state index in [-0.39, 0.29) is 11.5 Å². The maximum absolute atomic E-state index is 10.8. The van der Waals surface area contributed by atoms with Gasteiger partial charge >= 0.3 is 5.69 Å². The quantitative estimate of drug-likeness (QED) is 0.333. The molecule has 0 radical (unpaired) electrons. The van der Waals surface area contributed by atoms with Gasteiger partial charge in [-0.05, 0) is 18.4 Å². The van der Waals surface area contributed by atoms with Crippen molar-refractivity contribution in [1.29, 1.82) is 0 Å². The third-order valence-electron chi connectivity index (χ3n) is 3.97. The van der Waals surface area contributed by atoms with Crippen LogP contribution in [0.25, 0.3) is 0 Å². The number of hydrogen-bond donors (Lipinski definition) is 1. The number of nitrogens with zero attached hydrogens (tertiary/aromatic N) is 2. The summed E-state index contributed by atoms with van der Waals surface area (Å²) in [7, 11) is 0. The first kappa shape index (κ1) is 18.4. The molecule has 0 unspecified atom stereocenters. The van der Waals surface area contributed by atoms with Crippen LogP contribution in [0.1, 0.15) is 76.7 Å². The molecule has 1 rings (SSSR count). The molecule has 124 valence electrons. The van der Waals surface area contributed by atoms with Crippen molar-refractivity contribution >= 4 is 11.5 Å². The van der Waals surface area contributed by atoms with E-state index in [2.05, 4.69) is 11.9 Å². The number of hydrogen-bond acceptors (Lipinski definition) is 4. The Morgan fingerprint density at radius 1 is 1.05 bits per heavy atom. The summed E-state index contributed by atoms with van der Waals surface area (Å²) in [5, 5.41) is 10.8. The predicted octanol–water partition coefficient (Wildman–Crippen LogP) is 5.04. The third-order valence-corrected chi connectivity index (χ3v) is 3.97. The molecule has 0 amide bonds. The zero-order chi connectivity index (χ0) is 16.2. The molecule has 1 aromatic heterocycles. The lowest BCUT2D eigenvalue weighted by Crippen LogP contribution is -2.00. The van der Waals surface area contributed by atoms with Crippen molar-refractivity contribution in [1.82, 2.24) is 4.98 Å². The topological polar surface area (TPSA) is 82.0 Å². The maximum atomic E-state index is 10.8.